The number of hydrogen-bond donors (Lipinski definition) is 1. The second-order valence-electron chi connectivity index (χ2n) is 5.01. The average Bonchev–Trinajstić information content (AvgIpc) is 3.19. The Bertz CT molecular complexity index is 591. The van der Waals surface area contributed by atoms with E-state index in [1.54, 1.807) is 6.07 Å². The highest BCUT2D eigenvalue weighted by Crippen LogP contribution is 2.25. The highest BCUT2D eigenvalue weighted by atomic mass is 19.1. The maximum atomic E-state index is 13.1. The molecule has 0 amide bonds. The Morgan fingerprint density at radius 3 is 2.45 bits per heavy atom. The lowest BCUT2D eigenvalue weighted by atomic mass is 10.2. The first-order valence-electron chi connectivity index (χ1n) is 6.65. The maximum absolute atomic E-state index is 13.1. The van der Waals surface area contributed by atoms with Gasteiger partial charge in [-0.3, -0.25) is 0 Å². The SMILES string of the molecule is Fc1cc(F)cc(Oc2cccc(CNC3CC3)c2)c1. The van der Waals surface area contributed by atoms with E-state index in [4.69, 9.17) is 4.74 Å². The molecule has 20 heavy (non-hydrogen) atoms. The molecule has 0 heterocycles. The van der Waals surface area contributed by atoms with Crippen LogP contribution in [-0.2, 0) is 6.54 Å². The fourth-order valence-electron chi connectivity index (χ4n) is 1.99. The standard InChI is InChI=1S/C16H15F2NO/c17-12-7-13(18)9-16(8-12)20-15-3-1-2-11(6-15)10-19-14-4-5-14/h1-3,6-9,14,19H,4-5,10H2. The van der Waals surface area contributed by atoms with Crippen LogP contribution in [0.3, 0.4) is 0 Å². The van der Waals surface area contributed by atoms with Gasteiger partial charge in [-0.15, -0.1) is 0 Å². The first-order chi connectivity index (χ1) is 9.69. The molecule has 4 heteroatoms. The van der Waals surface area contributed by atoms with Crippen LogP contribution in [0.2, 0.25) is 0 Å². The van der Waals surface area contributed by atoms with Crippen LogP contribution in [-0.4, -0.2) is 6.04 Å². The van der Waals surface area contributed by atoms with E-state index in [-0.39, 0.29) is 5.75 Å². The average molecular weight is 275 g/mol. The zero-order valence-electron chi connectivity index (χ0n) is 10.9. The molecule has 0 radical (unpaired) electrons. The Labute approximate surface area is 116 Å². The Morgan fingerprint density at radius 2 is 1.75 bits per heavy atom. The van der Waals surface area contributed by atoms with Gasteiger partial charge in [0.15, 0.2) is 0 Å². The molecule has 2 nitrogen and oxygen atoms in total. The van der Waals surface area contributed by atoms with E-state index in [9.17, 15) is 8.78 Å². The summed E-state index contributed by atoms with van der Waals surface area (Å²) in [6.45, 7) is 0.777. The normalized spacial score (nSPS) is 14.3. The van der Waals surface area contributed by atoms with Gasteiger partial charge in [0, 0.05) is 30.8 Å². The lowest BCUT2D eigenvalue weighted by Gasteiger charge is -2.08. The highest BCUT2D eigenvalue weighted by Gasteiger charge is 2.19. The number of benzene rings is 2. The van der Waals surface area contributed by atoms with Crippen LogP contribution >= 0.6 is 0 Å². The second kappa shape index (κ2) is 5.59. The van der Waals surface area contributed by atoms with Crippen LogP contribution in [0.5, 0.6) is 11.5 Å². The van der Waals surface area contributed by atoms with E-state index in [1.807, 2.05) is 18.2 Å². The van der Waals surface area contributed by atoms with Gasteiger partial charge in [-0.25, -0.2) is 8.78 Å². The van der Waals surface area contributed by atoms with Crippen molar-refractivity contribution in [2.75, 3.05) is 0 Å². The van der Waals surface area contributed by atoms with Crippen molar-refractivity contribution in [3.8, 4) is 11.5 Å². The first-order valence-corrected chi connectivity index (χ1v) is 6.65. The molecule has 0 bridgehead atoms. The molecule has 0 unspecified atom stereocenters. The van der Waals surface area contributed by atoms with Crippen molar-refractivity contribution in [1.29, 1.82) is 0 Å². The predicted octanol–water partition coefficient (Wildman–Crippen LogP) is 4.01. The number of rotatable bonds is 5. The van der Waals surface area contributed by atoms with E-state index in [0.29, 0.717) is 11.8 Å². The summed E-state index contributed by atoms with van der Waals surface area (Å²) in [6.07, 6.45) is 2.47. The summed E-state index contributed by atoms with van der Waals surface area (Å²) in [5.41, 5.74) is 1.09. The fraction of sp³-hybridized carbons (Fsp3) is 0.250. The van der Waals surface area contributed by atoms with Crippen LogP contribution in [0.1, 0.15) is 18.4 Å². The minimum Gasteiger partial charge on any atom is -0.457 e. The molecule has 0 aliphatic heterocycles. The van der Waals surface area contributed by atoms with Crippen molar-refractivity contribution in [3.05, 3.63) is 59.7 Å². The molecule has 2 aromatic rings. The molecule has 0 spiro atoms. The number of ether oxygens (including phenoxy) is 1. The number of hydrogen-bond acceptors (Lipinski definition) is 2. The topological polar surface area (TPSA) is 21.3 Å². The third kappa shape index (κ3) is 3.54. The summed E-state index contributed by atoms with van der Waals surface area (Å²) < 4.78 is 31.7. The molecule has 0 aromatic heterocycles. The van der Waals surface area contributed by atoms with Crippen molar-refractivity contribution in [2.24, 2.45) is 0 Å². The minimum atomic E-state index is -0.647. The van der Waals surface area contributed by atoms with Gasteiger partial charge in [0.2, 0.25) is 0 Å². The number of halogens is 2. The third-order valence-corrected chi connectivity index (χ3v) is 3.14. The van der Waals surface area contributed by atoms with E-state index in [2.05, 4.69) is 5.32 Å². The first kappa shape index (κ1) is 13.1. The quantitative estimate of drug-likeness (QED) is 0.890. The molecule has 2 aromatic carbocycles. The van der Waals surface area contributed by atoms with Crippen LogP contribution in [0.15, 0.2) is 42.5 Å². The molecule has 0 atom stereocenters. The maximum Gasteiger partial charge on any atom is 0.133 e. The lowest BCUT2D eigenvalue weighted by Crippen LogP contribution is -2.15. The van der Waals surface area contributed by atoms with Crippen molar-refractivity contribution in [1.82, 2.24) is 5.32 Å². The van der Waals surface area contributed by atoms with Crippen LogP contribution in [0.25, 0.3) is 0 Å². The van der Waals surface area contributed by atoms with Crippen LogP contribution in [0, 0.1) is 11.6 Å². The Balaban J connectivity index is 1.70. The van der Waals surface area contributed by atoms with Gasteiger partial charge in [0.1, 0.15) is 23.1 Å². The molecule has 1 aliphatic rings. The van der Waals surface area contributed by atoms with Crippen LogP contribution < -0.4 is 10.1 Å². The number of nitrogens with one attached hydrogen (secondary N) is 1. The highest BCUT2D eigenvalue weighted by molar-refractivity contribution is 5.34. The smallest absolute Gasteiger partial charge is 0.133 e. The summed E-state index contributed by atoms with van der Waals surface area (Å²) in [5, 5.41) is 3.41. The second-order valence-corrected chi connectivity index (χ2v) is 5.01. The van der Waals surface area contributed by atoms with E-state index in [0.717, 1.165) is 30.3 Å². The monoisotopic (exact) mass is 275 g/mol. The van der Waals surface area contributed by atoms with Gasteiger partial charge in [-0.1, -0.05) is 12.1 Å². The van der Waals surface area contributed by atoms with Gasteiger partial charge in [-0.05, 0) is 30.5 Å². The summed E-state index contributed by atoms with van der Waals surface area (Å²) in [5.74, 6) is -0.557. The van der Waals surface area contributed by atoms with E-state index in [1.165, 1.54) is 12.8 Å². The molecule has 0 saturated heterocycles. The molecule has 3 rings (SSSR count). The molecule has 104 valence electrons. The zero-order valence-corrected chi connectivity index (χ0v) is 10.9. The minimum absolute atomic E-state index is 0.162. The van der Waals surface area contributed by atoms with Gasteiger partial charge in [0.25, 0.3) is 0 Å². The van der Waals surface area contributed by atoms with Crippen molar-refractivity contribution in [3.63, 3.8) is 0 Å². The zero-order chi connectivity index (χ0) is 13.9. The lowest BCUT2D eigenvalue weighted by molar-refractivity contribution is 0.467. The Morgan fingerprint density at radius 1 is 1.00 bits per heavy atom. The van der Waals surface area contributed by atoms with Gasteiger partial charge < -0.3 is 10.1 Å². The van der Waals surface area contributed by atoms with Crippen molar-refractivity contribution < 1.29 is 13.5 Å². The summed E-state index contributed by atoms with van der Waals surface area (Å²) in [6, 6.07) is 11.3. The molecular weight excluding hydrogens is 260 g/mol. The Hall–Kier alpha value is -1.94. The van der Waals surface area contributed by atoms with E-state index >= 15 is 0 Å². The molecule has 1 N–H and O–H groups in total. The third-order valence-electron chi connectivity index (χ3n) is 3.14. The van der Waals surface area contributed by atoms with E-state index < -0.39 is 11.6 Å². The molecular formula is C16H15F2NO. The predicted molar refractivity (Wildman–Crippen MR) is 72.7 cm³/mol. The van der Waals surface area contributed by atoms with Crippen molar-refractivity contribution >= 4 is 0 Å². The molecule has 1 fully saturated rings. The van der Waals surface area contributed by atoms with Gasteiger partial charge >= 0.3 is 0 Å². The summed E-state index contributed by atoms with van der Waals surface area (Å²) in [7, 11) is 0. The van der Waals surface area contributed by atoms with Crippen LogP contribution in [0.4, 0.5) is 8.78 Å². The van der Waals surface area contributed by atoms with Crippen molar-refractivity contribution in [2.45, 2.75) is 25.4 Å². The summed E-state index contributed by atoms with van der Waals surface area (Å²) >= 11 is 0. The fourth-order valence-corrected chi connectivity index (χ4v) is 1.99. The largest absolute Gasteiger partial charge is 0.457 e. The summed E-state index contributed by atoms with van der Waals surface area (Å²) in [4.78, 5) is 0. The molecule has 1 aliphatic carbocycles. The van der Waals surface area contributed by atoms with Gasteiger partial charge in [0.05, 0.1) is 0 Å². The Kier molecular flexibility index (Phi) is 3.65. The van der Waals surface area contributed by atoms with Gasteiger partial charge in [-0.2, -0.15) is 0 Å². The molecule has 1 saturated carbocycles.